The maximum atomic E-state index is 12.5. The molecule has 116 valence electrons. The van der Waals surface area contributed by atoms with Gasteiger partial charge in [-0.15, -0.1) is 0 Å². The van der Waals surface area contributed by atoms with E-state index in [9.17, 15) is 28.1 Å². The first kappa shape index (κ1) is 16.2. The third kappa shape index (κ3) is 3.04. The molecular weight excluding hydrogens is 350 g/mol. The van der Waals surface area contributed by atoms with Crippen LogP contribution in [0.3, 0.4) is 0 Å². The lowest BCUT2D eigenvalue weighted by molar-refractivity contribution is -0.384. The molecule has 0 amide bonds. The van der Waals surface area contributed by atoms with Crippen molar-refractivity contribution in [2.24, 2.45) is 0 Å². The maximum absolute atomic E-state index is 12.5. The summed E-state index contributed by atoms with van der Waals surface area (Å²) in [6.07, 6.45) is -4.18. The molecule has 1 aromatic carbocycles. The highest BCUT2D eigenvalue weighted by molar-refractivity contribution is 6.38. The molecule has 0 aliphatic rings. The molecule has 11 heteroatoms. The summed E-state index contributed by atoms with van der Waals surface area (Å²) in [5.74, 6) is 0. The van der Waals surface area contributed by atoms with Gasteiger partial charge < -0.3 is 0 Å². The Bertz CT molecular complexity index is 797. The monoisotopic (exact) mass is 353 g/mol. The molecule has 0 spiro atoms. The summed E-state index contributed by atoms with van der Waals surface area (Å²) in [6, 6.07) is 2.12. The van der Waals surface area contributed by atoms with Crippen LogP contribution >= 0.6 is 23.2 Å². The van der Waals surface area contributed by atoms with Crippen molar-refractivity contribution in [3.05, 3.63) is 60.7 Å². The van der Waals surface area contributed by atoms with Gasteiger partial charge in [0.2, 0.25) is 0 Å². The number of hydrogen-bond donors (Lipinski definition) is 0. The van der Waals surface area contributed by atoms with Crippen molar-refractivity contribution in [2.75, 3.05) is 0 Å². The van der Waals surface area contributed by atoms with Crippen LogP contribution in [0.25, 0.3) is 5.69 Å². The highest BCUT2D eigenvalue weighted by atomic mass is 35.5. The summed E-state index contributed by atoms with van der Waals surface area (Å²) in [4.78, 5) is 24.8. The number of benzene rings is 1. The average Bonchev–Trinajstić information content (AvgIpc) is 2.38. The van der Waals surface area contributed by atoms with E-state index in [0.29, 0.717) is 10.9 Å². The van der Waals surface area contributed by atoms with Gasteiger partial charge in [-0.3, -0.25) is 19.5 Å². The smallest absolute Gasteiger partial charge is 0.269 e. The molecular formula is C11H4Cl2F3N3O3. The fourth-order valence-electron chi connectivity index (χ4n) is 1.61. The molecule has 0 N–H and O–H groups in total. The van der Waals surface area contributed by atoms with Gasteiger partial charge in [-0.25, -0.2) is 4.98 Å². The fraction of sp³-hybridized carbons (Fsp3) is 0.0909. The summed E-state index contributed by atoms with van der Waals surface area (Å²) in [5.41, 5.74) is -3.07. The van der Waals surface area contributed by atoms with Gasteiger partial charge in [0.05, 0.1) is 20.7 Å². The number of nitrogens with zero attached hydrogens (tertiary/aromatic N) is 3. The SMILES string of the molecule is O=c1cc(C(F)(F)F)ncn1-c1c(Cl)cc([N+](=O)[O-])cc1Cl. The molecule has 2 rings (SSSR count). The van der Waals surface area contributed by atoms with Crippen LogP contribution in [-0.4, -0.2) is 14.5 Å². The van der Waals surface area contributed by atoms with E-state index >= 15 is 0 Å². The molecule has 0 radical (unpaired) electrons. The minimum absolute atomic E-state index is 0.194. The molecule has 0 bridgehead atoms. The normalized spacial score (nSPS) is 11.5. The molecule has 0 fully saturated rings. The van der Waals surface area contributed by atoms with E-state index in [1.165, 1.54) is 0 Å². The summed E-state index contributed by atoms with van der Waals surface area (Å²) in [6.45, 7) is 0. The number of nitro benzene ring substituents is 1. The van der Waals surface area contributed by atoms with Crippen molar-refractivity contribution < 1.29 is 18.1 Å². The van der Waals surface area contributed by atoms with Crippen LogP contribution in [-0.2, 0) is 6.18 Å². The van der Waals surface area contributed by atoms with E-state index < -0.39 is 28.0 Å². The molecule has 0 saturated carbocycles. The second-order valence-corrected chi connectivity index (χ2v) is 4.81. The lowest BCUT2D eigenvalue weighted by Crippen LogP contribution is -2.22. The first-order valence-electron chi connectivity index (χ1n) is 5.41. The molecule has 0 aliphatic carbocycles. The predicted molar refractivity (Wildman–Crippen MR) is 71.5 cm³/mol. The molecule has 6 nitrogen and oxygen atoms in total. The number of nitro groups is 1. The van der Waals surface area contributed by atoms with Crippen molar-refractivity contribution in [1.29, 1.82) is 0 Å². The van der Waals surface area contributed by atoms with Crippen LogP contribution in [0.2, 0.25) is 10.0 Å². The summed E-state index contributed by atoms with van der Waals surface area (Å²) < 4.78 is 38.1. The first-order chi connectivity index (χ1) is 10.1. The topological polar surface area (TPSA) is 78.0 Å². The van der Waals surface area contributed by atoms with Crippen LogP contribution in [0.15, 0.2) is 29.3 Å². The second-order valence-electron chi connectivity index (χ2n) is 4.00. The Morgan fingerprint density at radius 2 is 1.73 bits per heavy atom. The maximum Gasteiger partial charge on any atom is 0.433 e. The zero-order chi connectivity index (χ0) is 16.7. The summed E-state index contributed by atoms with van der Waals surface area (Å²) >= 11 is 11.6. The predicted octanol–water partition coefficient (Wildman–Crippen LogP) is 3.47. The van der Waals surface area contributed by atoms with Crippen LogP contribution in [0.5, 0.6) is 0 Å². The van der Waals surface area contributed by atoms with Crippen molar-refractivity contribution in [3.63, 3.8) is 0 Å². The van der Waals surface area contributed by atoms with Gasteiger partial charge in [0.1, 0.15) is 6.33 Å². The van der Waals surface area contributed by atoms with Gasteiger partial charge in [-0.05, 0) is 0 Å². The van der Waals surface area contributed by atoms with Crippen LogP contribution in [0.4, 0.5) is 18.9 Å². The zero-order valence-electron chi connectivity index (χ0n) is 10.3. The molecule has 2 aromatic rings. The van der Waals surface area contributed by atoms with Crippen molar-refractivity contribution in [1.82, 2.24) is 9.55 Å². The van der Waals surface area contributed by atoms with Crippen LogP contribution in [0, 0.1) is 10.1 Å². The molecule has 0 unspecified atom stereocenters. The molecule has 0 saturated heterocycles. The Balaban J connectivity index is 2.63. The number of rotatable bonds is 2. The van der Waals surface area contributed by atoms with Gasteiger partial charge >= 0.3 is 6.18 Å². The van der Waals surface area contributed by atoms with Gasteiger partial charge in [0.25, 0.3) is 11.2 Å². The van der Waals surface area contributed by atoms with Gasteiger partial charge in [0, 0.05) is 18.2 Å². The highest BCUT2D eigenvalue weighted by Gasteiger charge is 2.33. The number of non-ortho nitro benzene ring substituents is 1. The van der Waals surface area contributed by atoms with E-state index in [2.05, 4.69) is 4.98 Å². The Kier molecular flexibility index (Phi) is 4.12. The van der Waals surface area contributed by atoms with Crippen molar-refractivity contribution in [2.45, 2.75) is 6.18 Å². The minimum atomic E-state index is -4.78. The first-order valence-corrected chi connectivity index (χ1v) is 6.16. The molecule has 1 heterocycles. The van der Waals surface area contributed by atoms with E-state index in [0.717, 1.165) is 12.1 Å². The van der Waals surface area contributed by atoms with Gasteiger partial charge in [-0.1, -0.05) is 23.2 Å². The van der Waals surface area contributed by atoms with E-state index in [1.54, 1.807) is 0 Å². The second kappa shape index (κ2) is 5.58. The summed E-state index contributed by atoms with van der Waals surface area (Å²) in [5, 5.41) is 10.1. The Hall–Kier alpha value is -2.13. The lowest BCUT2D eigenvalue weighted by atomic mass is 10.2. The Morgan fingerprint density at radius 1 is 1.18 bits per heavy atom. The molecule has 1 aromatic heterocycles. The zero-order valence-corrected chi connectivity index (χ0v) is 11.8. The van der Waals surface area contributed by atoms with Gasteiger partial charge in [0.15, 0.2) is 5.69 Å². The fourth-order valence-corrected chi connectivity index (χ4v) is 2.27. The molecule has 0 aliphatic heterocycles. The number of alkyl halides is 3. The average molecular weight is 354 g/mol. The number of aromatic nitrogens is 2. The standard InChI is InChI=1S/C11H4Cl2F3N3O3/c12-6-1-5(19(21)22)2-7(13)10(6)18-4-17-8(3-9(18)20)11(14,15)16/h1-4H. The van der Waals surface area contributed by atoms with Crippen LogP contribution < -0.4 is 5.56 Å². The van der Waals surface area contributed by atoms with E-state index in [4.69, 9.17) is 23.2 Å². The third-order valence-corrected chi connectivity index (χ3v) is 3.13. The quantitative estimate of drug-likeness (QED) is 0.611. The molecule has 0 atom stereocenters. The summed E-state index contributed by atoms with van der Waals surface area (Å²) in [7, 11) is 0. The lowest BCUT2D eigenvalue weighted by Gasteiger charge is -2.11. The van der Waals surface area contributed by atoms with Crippen molar-refractivity contribution in [3.8, 4) is 5.69 Å². The van der Waals surface area contributed by atoms with E-state index in [-0.39, 0.29) is 21.8 Å². The molecule has 22 heavy (non-hydrogen) atoms. The number of halogens is 5. The Labute approximate surface area is 129 Å². The number of hydrogen-bond acceptors (Lipinski definition) is 4. The third-order valence-electron chi connectivity index (χ3n) is 2.55. The van der Waals surface area contributed by atoms with E-state index in [1.807, 2.05) is 0 Å². The van der Waals surface area contributed by atoms with Crippen molar-refractivity contribution >= 4 is 28.9 Å². The highest BCUT2D eigenvalue weighted by Crippen LogP contribution is 2.33. The van der Waals surface area contributed by atoms with Crippen LogP contribution in [0.1, 0.15) is 5.69 Å². The Morgan fingerprint density at radius 3 is 2.14 bits per heavy atom. The van der Waals surface area contributed by atoms with Gasteiger partial charge in [-0.2, -0.15) is 13.2 Å². The largest absolute Gasteiger partial charge is 0.433 e. The minimum Gasteiger partial charge on any atom is -0.269 e.